The van der Waals surface area contributed by atoms with Gasteiger partial charge in [-0.1, -0.05) is 0 Å². The number of H-pyrrole nitrogens is 1. The lowest BCUT2D eigenvalue weighted by Crippen LogP contribution is -2.35. The molecule has 1 atom stereocenters. The summed E-state index contributed by atoms with van der Waals surface area (Å²) in [7, 11) is 0. The number of aromatic nitrogens is 1. The number of ether oxygens (including phenoxy) is 1. The van der Waals surface area contributed by atoms with Crippen molar-refractivity contribution in [2.45, 2.75) is 31.9 Å². The van der Waals surface area contributed by atoms with E-state index in [0.29, 0.717) is 34.7 Å². The van der Waals surface area contributed by atoms with E-state index in [-0.39, 0.29) is 30.5 Å². The van der Waals surface area contributed by atoms with Gasteiger partial charge < -0.3 is 19.9 Å². The Morgan fingerprint density at radius 3 is 3.00 bits per heavy atom. The minimum Gasteiger partial charge on any atom is -0.442 e. The van der Waals surface area contributed by atoms with Crippen LogP contribution >= 0.6 is 0 Å². The third kappa shape index (κ3) is 2.60. The number of cyclic esters (lactones) is 1. The summed E-state index contributed by atoms with van der Waals surface area (Å²) < 4.78 is 18.8. The van der Waals surface area contributed by atoms with E-state index in [2.05, 4.69) is 10.3 Å². The Morgan fingerprint density at radius 2 is 2.25 bits per heavy atom. The van der Waals surface area contributed by atoms with E-state index in [1.165, 1.54) is 12.1 Å². The summed E-state index contributed by atoms with van der Waals surface area (Å²) in [6.07, 6.45) is 1.40. The maximum atomic E-state index is 13.5. The van der Waals surface area contributed by atoms with E-state index in [0.717, 1.165) is 12.8 Å². The molecule has 4 rings (SSSR count). The van der Waals surface area contributed by atoms with Crippen molar-refractivity contribution in [3.63, 3.8) is 0 Å². The molecule has 2 heterocycles. The van der Waals surface area contributed by atoms with Crippen LogP contribution in [0.15, 0.2) is 18.2 Å². The number of amides is 2. The lowest BCUT2D eigenvalue weighted by molar-refractivity contribution is 0.0915. The van der Waals surface area contributed by atoms with E-state index in [1.54, 1.807) is 17.9 Å². The fraction of sp³-hybridized carbons (Fsp3) is 0.412. The van der Waals surface area contributed by atoms with Crippen molar-refractivity contribution >= 4 is 22.9 Å². The highest BCUT2D eigenvalue weighted by Crippen LogP contribution is 2.30. The number of carbonyl (C=O) groups is 2. The molecule has 2 amide bonds. The van der Waals surface area contributed by atoms with E-state index in [1.807, 2.05) is 0 Å². The molecule has 2 aliphatic rings. The number of rotatable bonds is 4. The van der Waals surface area contributed by atoms with Gasteiger partial charge in [-0.2, -0.15) is 0 Å². The fourth-order valence-corrected chi connectivity index (χ4v) is 3.22. The van der Waals surface area contributed by atoms with Crippen LogP contribution in [0, 0.1) is 12.7 Å². The summed E-state index contributed by atoms with van der Waals surface area (Å²) >= 11 is 0. The molecule has 1 aliphatic carbocycles. The Labute approximate surface area is 138 Å². The normalized spacial score (nSPS) is 20.5. The highest BCUT2D eigenvalue weighted by molar-refractivity contribution is 6.08. The third-order valence-corrected chi connectivity index (χ3v) is 4.56. The fourth-order valence-electron chi connectivity index (χ4n) is 3.22. The monoisotopic (exact) mass is 331 g/mol. The Hall–Kier alpha value is -2.57. The number of nitrogens with zero attached hydrogens (tertiary/aromatic N) is 1. The van der Waals surface area contributed by atoms with Crippen molar-refractivity contribution in [3.8, 4) is 0 Å². The summed E-state index contributed by atoms with van der Waals surface area (Å²) in [6.45, 7) is 2.53. The molecular formula is C17H18FN3O3. The number of fused-ring (bicyclic) bond motifs is 1. The Morgan fingerprint density at radius 1 is 1.46 bits per heavy atom. The molecule has 1 saturated carbocycles. The molecule has 2 fully saturated rings. The van der Waals surface area contributed by atoms with Gasteiger partial charge in [0.05, 0.1) is 18.7 Å². The number of hydrogen-bond donors (Lipinski definition) is 2. The highest BCUT2D eigenvalue weighted by Gasteiger charge is 2.40. The second kappa shape index (κ2) is 5.51. The molecule has 1 aromatic carbocycles. The number of carbonyl (C=O) groups excluding carboxylic acids is 2. The van der Waals surface area contributed by atoms with Gasteiger partial charge in [0, 0.05) is 22.6 Å². The molecular weight excluding hydrogens is 313 g/mol. The molecule has 1 unspecified atom stereocenters. The van der Waals surface area contributed by atoms with Gasteiger partial charge in [0.2, 0.25) is 0 Å². The van der Waals surface area contributed by atoms with E-state index >= 15 is 0 Å². The second-order valence-electron chi connectivity index (χ2n) is 6.41. The third-order valence-electron chi connectivity index (χ3n) is 4.56. The van der Waals surface area contributed by atoms with Gasteiger partial charge in [0.25, 0.3) is 5.91 Å². The molecule has 6 nitrogen and oxygen atoms in total. The molecule has 1 aliphatic heterocycles. The summed E-state index contributed by atoms with van der Waals surface area (Å²) in [4.78, 5) is 29.1. The van der Waals surface area contributed by atoms with Gasteiger partial charge in [0.15, 0.2) is 0 Å². The van der Waals surface area contributed by atoms with Crippen LogP contribution in [0.4, 0.5) is 9.18 Å². The van der Waals surface area contributed by atoms with Gasteiger partial charge in [-0.15, -0.1) is 0 Å². The molecule has 2 aromatic rings. The van der Waals surface area contributed by atoms with Gasteiger partial charge in [-0.05, 0) is 38.0 Å². The predicted octanol–water partition coefficient (Wildman–Crippen LogP) is 2.33. The zero-order valence-electron chi connectivity index (χ0n) is 13.3. The van der Waals surface area contributed by atoms with Crippen LogP contribution in [-0.4, -0.2) is 47.1 Å². The molecule has 0 spiro atoms. The molecule has 1 saturated heterocycles. The number of aryl methyl sites for hydroxylation is 1. The van der Waals surface area contributed by atoms with Crippen molar-refractivity contribution in [2.24, 2.45) is 0 Å². The van der Waals surface area contributed by atoms with Crippen molar-refractivity contribution < 1.29 is 18.7 Å². The maximum absolute atomic E-state index is 13.5. The first kappa shape index (κ1) is 15.0. The van der Waals surface area contributed by atoms with Gasteiger partial charge in [-0.25, -0.2) is 9.18 Å². The van der Waals surface area contributed by atoms with Gasteiger partial charge >= 0.3 is 6.09 Å². The van der Waals surface area contributed by atoms with Crippen LogP contribution in [0.25, 0.3) is 10.9 Å². The van der Waals surface area contributed by atoms with Gasteiger partial charge in [0.1, 0.15) is 11.9 Å². The minimum absolute atomic E-state index is 0.245. The van der Waals surface area contributed by atoms with Crippen LogP contribution in [-0.2, 0) is 4.74 Å². The van der Waals surface area contributed by atoms with E-state index < -0.39 is 0 Å². The van der Waals surface area contributed by atoms with Crippen molar-refractivity contribution in [1.82, 2.24) is 15.2 Å². The summed E-state index contributed by atoms with van der Waals surface area (Å²) in [5.74, 6) is -0.689. The van der Waals surface area contributed by atoms with Crippen molar-refractivity contribution in [2.75, 3.05) is 13.1 Å². The molecule has 0 bridgehead atoms. The average Bonchev–Trinajstić information content (AvgIpc) is 3.23. The number of halogens is 1. The summed E-state index contributed by atoms with van der Waals surface area (Å²) in [6, 6.07) is 4.61. The SMILES string of the molecule is Cc1[nH]c2ccc(F)cc2c1C(=O)NCC1CN(C2CC2)C(=O)O1. The molecule has 0 radical (unpaired) electrons. The minimum atomic E-state index is -0.389. The maximum Gasteiger partial charge on any atom is 0.410 e. The topological polar surface area (TPSA) is 74.4 Å². The van der Waals surface area contributed by atoms with E-state index in [9.17, 15) is 14.0 Å². The average molecular weight is 331 g/mol. The summed E-state index contributed by atoms with van der Waals surface area (Å²) in [5.41, 5.74) is 1.82. The van der Waals surface area contributed by atoms with Crippen molar-refractivity contribution in [1.29, 1.82) is 0 Å². The van der Waals surface area contributed by atoms with Crippen LogP contribution in [0.3, 0.4) is 0 Å². The number of aromatic amines is 1. The quantitative estimate of drug-likeness (QED) is 0.903. The molecule has 126 valence electrons. The van der Waals surface area contributed by atoms with Crippen LogP contribution < -0.4 is 5.32 Å². The standard InChI is InChI=1S/C17H18FN3O3/c1-9-15(13-6-10(18)2-5-14(13)20-9)16(22)19-7-12-8-21(11-3-4-11)17(23)24-12/h2,5-6,11-12,20H,3-4,7-8H2,1H3,(H,19,22). The largest absolute Gasteiger partial charge is 0.442 e. The van der Waals surface area contributed by atoms with E-state index in [4.69, 9.17) is 4.74 Å². The second-order valence-corrected chi connectivity index (χ2v) is 6.41. The highest BCUT2D eigenvalue weighted by atomic mass is 19.1. The van der Waals surface area contributed by atoms with Crippen molar-refractivity contribution in [3.05, 3.63) is 35.3 Å². The number of nitrogens with one attached hydrogen (secondary N) is 2. The lowest BCUT2D eigenvalue weighted by Gasteiger charge is -2.11. The first-order valence-electron chi connectivity index (χ1n) is 8.06. The Bertz CT molecular complexity index is 828. The molecule has 2 N–H and O–H groups in total. The van der Waals surface area contributed by atoms with Crippen LogP contribution in [0.2, 0.25) is 0 Å². The molecule has 24 heavy (non-hydrogen) atoms. The molecule has 7 heteroatoms. The lowest BCUT2D eigenvalue weighted by atomic mass is 10.1. The van der Waals surface area contributed by atoms with Crippen LogP contribution in [0.5, 0.6) is 0 Å². The Kier molecular flexibility index (Phi) is 3.44. The Balaban J connectivity index is 1.46. The summed E-state index contributed by atoms with van der Waals surface area (Å²) in [5, 5.41) is 3.34. The zero-order chi connectivity index (χ0) is 16.8. The number of hydrogen-bond acceptors (Lipinski definition) is 3. The van der Waals surface area contributed by atoms with Gasteiger partial charge in [-0.3, -0.25) is 4.79 Å². The predicted molar refractivity (Wildman–Crippen MR) is 85.3 cm³/mol. The number of benzene rings is 1. The zero-order valence-corrected chi connectivity index (χ0v) is 13.3. The smallest absolute Gasteiger partial charge is 0.410 e. The first-order valence-corrected chi connectivity index (χ1v) is 8.06. The van der Waals surface area contributed by atoms with Crippen LogP contribution in [0.1, 0.15) is 28.9 Å². The first-order chi connectivity index (χ1) is 11.5. The molecule has 1 aromatic heterocycles.